The fraction of sp³-hybridized carbons (Fsp3) is 1.00. The number of rotatable bonds is 19. The first kappa shape index (κ1) is 41.1. The molecule has 0 spiro atoms. The summed E-state index contributed by atoms with van der Waals surface area (Å²) in [5.41, 5.74) is 0. The van der Waals surface area contributed by atoms with Crippen molar-refractivity contribution in [2.45, 2.75) is 61.4 Å². The van der Waals surface area contributed by atoms with Crippen LogP contribution >= 0.6 is 0 Å². The van der Waals surface area contributed by atoms with Crippen molar-refractivity contribution in [3.8, 4) is 0 Å². The number of ether oxygens (including phenoxy) is 4. The van der Waals surface area contributed by atoms with Gasteiger partial charge in [-0.2, -0.15) is 0 Å². The molecule has 0 amide bonds. The van der Waals surface area contributed by atoms with Gasteiger partial charge in [-0.05, 0) is 0 Å². The van der Waals surface area contributed by atoms with Gasteiger partial charge in [0.1, 0.15) is 18.3 Å². The largest absolute Gasteiger partial charge is 0.726 e. The molecule has 2 aliphatic heterocycles. The zero-order chi connectivity index (χ0) is 35.1. The molecular weight excluding hydrogens is 748 g/mol. The van der Waals surface area contributed by atoms with Crippen LogP contribution in [0.4, 0.5) is 0 Å². The normalized spacial score (nSPS) is 33.2. The lowest BCUT2D eigenvalue weighted by Gasteiger charge is -2.49. The maximum absolute atomic E-state index is 11.5. The highest BCUT2D eigenvalue weighted by molar-refractivity contribution is 7.81. The first-order valence-electron chi connectivity index (χ1n) is 11.0. The third-order valence-corrected chi connectivity index (χ3v) is 7.13. The Bertz CT molecular complexity index is 1380. The van der Waals surface area contributed by atoms with Crippen LogP contribution in [0.1, 0.15) is 0 Å². The van der Waals surface area contributed by atoms with E-state index in [1.54, 1.807) is 0 Å². The minimum Gasteiger partial charge on any atom is -0.726 e. The Morgan fingerprint density at radius 1 is 0.522 bits per heavy atom. The molecule has 29 nitrogen and oxygen atoms in total. The minimum atomic E-state index is -6.00. The lowest BCUT2D eigenvalue weighted by molar-refractivity contribution is -0.823. The molecule has 0 N–H and O–H groups in total. The molecule has 0 aromatic carbocycles. The van der Waals surface area contributed by atoms with Gasteiger partial charge in [0.25, 0.3) is 0 Å². The molecule has 46 heavy (non-hydrogen) atoms. The quantitative estimate of drug-likeness (QED) is 0.0510. The second-order valence-corrected chi connectivity index (χ2v) is 12.3. The summed E-state index contributed by atoms with van der Waals surface area (Å²) in [7, 11) is -22.3. The Balaban J connectivity index is 2.71. The Kier molecular flexibility index (Phi) is 15.3. The summed E-state index contributed by atoms with van der Waals surface area (Å²) in [5, 5.41) is 42.0. The highest BCUT2D eigenvalue weighted by Crippen LogP contribution is 2.35. The third-order valence-electron chi connectivity index (χ3n) is 5.37. The SMILES string of the molecule is CO[C@@H]1O[C@@H](COS(=O)(=O)[O-])[C@@H](O[C@@H]2OC(COS(=O)(=O)[O-])[C@@H](OO[O-])[C@H](OO[O-])C2OS(=O)(=O)[O-])C(OO[O-])C1OS(=O)(=O)[O-]. The van der Waals surface area contributed by atoms with Crippen molar-refractivity contribution in [2.75, 3.05) is 20.3 Å². The van der Waals surface area contributed by atoms with Gasteiger partial charge in [0, 0.05) is 7.11 Å². The lowest BCUT2D eigenvalue weighted by atomic mass is 9.97. The summed E-state index contributed by atoms with van der Waals surface area (Å²) in [6, 6.07) is 0. The van der Waals surface area contributed by atoms with Crippen LogP contribution < -0.4 is 15.8 Å². The average molecular weight is 766 g/mol. The van der Waals surface area contributed by atoms with Gasteiger partial charge in [-0.1, -0.05) is 0 Å². The van der Waals surface area contributed by atoms with E-state index in [9.17, 15) is 67.7 Å². The second-order valence-electron chi connectivity index (χ2n) is 8.13. The van der Waals surface area contributed by atoms with Gasteiger partial charge in [-0.15, -0.1) is 0 Å². The van der Waals surface area contributed by atoms with Crippen LogP contribution in [-0.4, -0.2) is 134 Å². The summed E-state index contributed by atoms with van der Waals surface area (Å²) in [6.07, 6.45) is -24.9. The summed E-state index contributed by atoms with van der Waals surface area (Å²) < 4.78 is 172. The van der Waals surface area contributed by atoms with Crippen molar-refractivity contribution < 1.29 is 133 Å². The van der Waals surface area contributed by atoms with Gasteiger partial charge in [-0.25, -0.2) is 48.3 Å². The zero-order valence-electron chi connectivity index (χ0n) is 21.7. The molecule has 0 aliphatic carbocycles. The van der Waals surface area contributed by atoms with Crippen LogP contribution in [0.25, 0.3) is 0 Å². The topological polar surface area (TPSA) is 427 Å². The Labute approximate surface area is 256 Å². The van der Waals surface area contributed by atoms with E-state index < -0.39 is 116 Å². The molecule has 2 aliphatic rings. The predicted octanol–water partition coefficient (Wildman–Crippen LogP) is -9.11. The summed E-state index contributed by atoms with van der Waals surface area (Å²) >= 11 is 0. The van der Waals surface area contributed by atoms with Crippen molar-refractivity contribution >= 4 is 41.6 Å². The van der Waals surface area contributed by atoms with E-state index in [2.05, 4.69) is 46.5 Å². The molecule has 0 saturated carbocycles. The van der Waals surface area contributed by atoms with Crippen molar-refractivity contribution in [1.29, 1.82) is 0 Å². The molecule has 10 atom stereocenters. The molecular formula is C13H17O29S4-7. The van der Waals surface area contributed by atoms with Crippen LogP contribution in [0, 0.1) is 0 Å². The average Bonchev–Trinajstić information content (AvgIpc) is 2.89. The Hall–Kier alpha value is -1.04. The van der Waals surface area contributed by atoms with Gasteiger partial charge in [0.2, 0.25) is 41.6 Å². The molecule has 0 bridgehead atoms. The van der Waals surface area contributed by atoms with Crippen LogP contribution in [0.15, 0.2) is 0 Å². The van der Waals surface area contributed by atoms with Gasteiger partial charge < -0.3 is 52.9 Å². The minimum absolute atomic E-state index is 0.752. The first-order valence-corrected chi connectivity index (χ1v) is 16.3. The van der Waals surface area contributed by atoms with E-state index in [0.717, 1.165) is 7.11 Å². The number of hydrogen-bond acceptors (Lipinski definition) is 29. The van der Waals surface area contributed by atoms with Gasteiger partial charge in [0.15, 0.2) is 43.1 Å². The standard InChI is InChI=1S/C13H24O29S4/c1-29-12-10(38-45(23,24)25)8(36-41-15)6(4(32-12)2-30-43(17,18)19)34-13-11(39-46(26,27)28)9(37-42-16)7(35-40-14)5(33-13)3-31-44(20,21)22/h4-16H,2-3H2,1H3,(H,17,18,19)(H,20,21,22)(H,23,24,25)(H,26,27,28)/p-7/t4-,5?,6+,7+,8?,9-,10?,11?,12+,13-/m0/s1. The van der Waals surface area contributed by atoms with Crippen molar-refractivity contribution in [1.82, 2.24) is 0 Å². The van der Waals surface area contributed by atoms with E-state index >= 15 is 0 Å². The fourth-order valence-corrected chi connectivity index (χ4v) is 5.44. The molecule has 0 aromatic heterocycles. The molecule has 2 rings (SSSR count). The second kappa shape index (κ2) is 17.1. The summed E-state index contributed by atoms with van der Waals surface area (Å²) in [6.45, 7) is -3.04. The van der Waals surface area contributed by atoms with Gasteiger partial charge in [-0.3, -0.25) is 31.8 Å². The van der Waals surface area contributed by atoms with E-state index in [1.807, 2.05) is 0 Å². The maximum atomic E-state index is 11.5. The van der Waals surface area contributed by atoms with Gasteiger partial charge >= 0.3 is 0 Å². The highest BCUT2D eigenvalue weighted by atomic mass is 32.3. The molecule has 33 heteroatoms. The monoisotopic (exact) mass is 765 g/mol. The maximum Gasteiger partial charge on any atom is 0.218 e. The summed E-state index contributed by atoms with van der Waals surface area (Å²) in [4.78, 5) is 12.7. The van der Waals surface area contributed by atoms with E-state index in [4.69, 9.17) is 18.9 Å². The summed E-state index contributed by atoms with van der Waals surface area (Å²) in [5.74, 6) is 0. The predicted molar refractivity (Wildman–Crippen MR) is 108 cm³/mol. The van der Waals surface area contributed by atoms with E-state index in [-0.39, 0.29) is 0 Å². The first-order chi connectivity index (χ1) is 21.1. The number of hydrogen-bond donors (Lipinski definition) is 0. The molecule has 274 valence electrons. The molecule has 2 saturated heterocycles. The van der Waals surface area contributed by atoms with E-state index in [1.165, 1.54) is 0 Å². The zero-order valence-corrected chi connectivity index (χ0v) is 24.9. The van der Waals surface area contributed by atoms with Gasteiger partial charge in [0.05, 0.1) is 13.2 Å². The van der Waals surface area contributed by atoms with Crippen LogP contribution in [0.5, 0.6) is 0 Å². The molecule has 0 radical (unpaired) electrons. The third kappa shape index (κ3) is 13.1. The Morgan fingerprint density at radius 2 is 0.891 bits per heavy atom. The fourth-order valence-electron chi connectivity index (χ4n) is 3.89. The van der Waals surface area contributed by atoms with Crippen LogP contribution in [0.2, 0.25) is 0 Å². The molecule has 2 fully saturated rings. The van der Waals surface area contributed by atoms with E-state index in [0.29, 0.717) is 0 Å². The molecule has 2 heterocycles. The van der Waals surface area contributed by atoms with Crippen molar-refractivity contribution in [2.24, 2.45) is 0 Å². The smallest absolute Gasteiger partial charge is 0.218 e. The molecule has 4 unspecified atom stereocenters. The lowest BCUT2D eigenvalue weighted by Crippen LogP contribution is -2.67. The van der Waals surface area contributed by atoms with Crippen molar-refractivity contribution in [3.63, 3.8) is 0 Å². The van der Waals surface area contributed by atoms with Crippen LogP contribution in [-0.2, 0) is 107 Å². The highest BCUT2D eigenvalue weighted by Gasteiger charge is 2.56. The molecule has 0 aromatic rings. The van der Waals surface area contributed by atoms with Crippen molar-refractivity contribution in [3.05, 3.63) is 0 Å². The van der Waals surface area contributed by atoms with Crippen LogP contribution in [0.3, 0.4) is 0 Å². The number of methoxy groups -OCH3 is 1. The Morgan fingerprint density at radius 3 is 1.28 bits per heavy atom.